The molecule has 0 bridgehead atoms. The maximum Gasteiger partial charge on any atom is 0.345 e. The van der Waals surface area contributed by atoms with E-state index in [0.717, 1.165) is 17.2 Å². The van der Waals surface area contributed by atoms with Gasteiger partial charge in [0.1, 0.15) is 18.8 Å². The number of nitro benzene ring substituents is 1. The molecule has 0 fully saturated rings. The molecule has 1 aliphatic rings. The van der Waals surface area contributed by atoms with E-state index in [4.69, 9.17) is 18.7 Å². The van der Waals surface area contributed by atoms with Gasteiger partial charge in [0.2, 0.25) is 5.82 Å². The molecule has 29 heavy (non-hydrogen) atoms. The first-order chi connectivity index (χ1) is 14.0. The first-order valence-electron chi connectivity index (χ1n) is 8.66. The quantitative estimate of drug-likeness (QED) is 0.362. The second-order valence-electron chi connectivity index (χ2n) is 6.22. The second kappa shape index (κ2) is 7.58. The van der Waals surface area contributed by atoms with Crippen molar-refractivity contribution in [2.24, 2.45) is 0 Å². The van der Waals surface area contributed by atoms with Crippen LogP contribution >= 0.6 is 0 Å². The van der Waals surface area contributed by atoms with Crippen LogP contribution < -0.4 is 9.47 Å². The smallest absolute Gasteiger partial charge is 0.345 e. The van der Waals surface area contributed by atoms with E-state index in [1.807, 2.05) is 31.2 Å². The number of fused-ring (bicyclic) bond motifs is 1. The summed E-state index contributed by atoms with van der Waals surface area (Å²) in [6.07, 6.45) is 0. The van der Waals surface area contributed by atoms with Crippen molar-refractivity contribution < 1.29 is 28.5 Å². The molecule has 0 saturated heterocycles. The zero-order valence-corrected chi connectivity index (χ0v) is 15.3. The Labute approximate surface area is 164 Å². The number of aryl methyl sites for hydroxylation is 1. The molecule has 0 atom stereocenters. The van der Waals surface area contributed by atoms with Gasteiger partial charge in [0.25, 0.3) is 11.6 Å². The van der Waals surface area contributed by atoms with Gasteiger partial charge in [-0.3, -0.25) is 10.1 Å². The summed E-state index contributed by atoms with van der Waals surface area (Å²) in [5, 5.41) is 15.2. The van der Waals surface area contributed by atoms with E-state index in [9.17, 15) is 14.9 Å². The zero-order valence-electron chi connectivity index (χ0n) is 15.3. The molecule has 1 aliphatic heterocycles. The molecule has 10 nitrogen and oxygen atoms in total. The van der Waals surface area contributed by atoms with Crippen molar-refractivity contribution >= 4 is 11.7 Å². The second-order valence-corrected chi connectivity index (χ2v) is 6.22. The largest absolute Gasteiger partial charge is 0.486 e. The van der Waals surface area contributed by atoms with Crippen LogP contribution in [0.5, 0.6) is 11.5 Å². The van der Waals surface area contributed by atoms with Crippen LogP contribution in [0.4, 0.5) is 5.69 Å². The fourth-order valence-corrected chi connectivity index (χ4v) is 2.73. The Kier molecular flexibility index (Phi) is 4.82. The Hall–Kier alpha value is -3.95. The van der Waals surface area contributed by atoms with Crippen molar-refractivity contribution in [2.45, 2.75) is 13.5 Å². The van der Waals surface area contributed by atoms with Crippen molar-refractivity contribution in [2.75, 3.05) is 13.2 Å². The Morgan fingerprint density at radius 1 is 1.17 bits per heavy atom. The van der Waals surface area contributed by atoms with Gasteiger partial charge in [0.15, 0.2) is 18.1 Å². The monoisotopic (exact) mass is 397 g/mol. The summed E-state index contributed by atoms with van der Waals surface area (Å²) in [5.41, 5.74) is 1.15. The molecular weight excluding hydrogens is 382 g/mol. The molecule has 2 heterocycles. The third kappa shape index (κ3) is 3.86. The highest BCUT2D eigenvalue weighted by Crippen LogP contribution is 2.37. The number of carbonyl (C=O) groups is 1. The fraction of sp³-hybridized carbons (Fsp3) is 0.211. The Morgan fingerprint density at radius 2 is 1.86 bits per heavy atom. The highest BCUT2D eigenvalue weighted by Gasteiger charge is 2.27. The minimum absolute atomic E-state index is 0.0640. The molecule has 0 amide bonds. The number of aromatic nitrogens is 2. The summed E-state index contributed by atoms with van der Waals surface area (Å²) in [6, 6.07) is 9.88. The number of nitrogens with zero attached hydrogens (tertiary/aromatic N) is 3. The lowest BCUT2D eigenvalue weighted by molar-refractivity contribution is -0.385. The van der Waals surface area contributed by atoms with Crippen LogP contribution in [0.3, 0.4) is 0 Å². The summed E-state index contributed by atoms with van der Waals surface area (Å²) in [6.45, 7) is 2.18. The molecule has 4 rings (SSSR count). The highest BCUT2D eigenvalue weighted by atomic mass is 16.6. The Bertz CT molecular complexity index is 1080. The van der Waals surface area contributed by atoms with Crippen LogP contribution in [0.2, 0.25) is 0 Å². The van der Waals surface area contributed by atoms with Gasteiger partial charge in [0, 0.05) is 11.6 Å². The number of esters is 1. The van der Waals surface area contributed by atoms with Gasteiger partial charge in [-0.2, -0.15) is 4.98 Å². The summed E-state index contributed by atoms with van der Waals surface area (Å²) >= 11 is 0. The standard InChI is InChI=1S/C19H15N3O7/c1-11-2-4-12(5-3-11)18-20-17(29-21-18)10-28-19(23)13-8-15-16(27-7-6-26-15)9-14(13)22(24)25/h2-5,8-9H,6-7,10H2,1H3. The number of ether oxygens (including phenoxy) is 3. The molecule has 0 spiro atoms. The minimum Gasteiger partial charge on any atom is -0.486 e. The maximum atomic E-state index is 12.4. The fourth-order valence-electron chi connectivity index (χ4n) is 2.73. The van der Waals surface area contributed by atoms with Gasteiger partial charge in [-0.1, -0.05) is 35.0 Å². The molecule has 10 heteroatoms. The summed E-state index contributed by atoms with van der Waals surface area (Å²) in [4.78, 5) is 27.2. The number of carbonyl (C=O) groups excluding carboxylic acids is 1. The number of hydrogen-bond donors (Lipinski definition) is 0. The van der Waals surface area contributed by atoms with Gasteiger partial charge in [-0.25, -0.2) is 4.79 Å². The van der Waals surface area contributed by atoms with Gasteiger partial charge >= 0.3 is 5.97 Å². The van der Waals surface area contributed by atoms with Crippen molar-refractivity contribution in [1.82, 2.24) is 10.1 Å². The zero-order chi connectivity index (χ0) is 20.4. The molecule has 0 unspecified atom stereocenters. The molecule has 0 N–H and O–H groups in total. The number of hydrogen-bond acceptors (Lipinski definition) is 9. The van der Waals surface area contributed by atoms with Gasteiger partial charge < -0.3 is 18.7 Å². The van der Waals surface area contributed by atoms with Crippen LogP contribution in [0.15, 0.2) is 40.9 Å². The number of rotatable bonds is 5. The Balaban J connectivity index is 1.50. The summed E-state index contributed by atoms with van der Waals surface area (Å²) < 4.78 is 20.9. The third-order valence-corrected chi connectivity index (χ3v) is 4.18. The van der Waals surface area contributed by atoms with E-state index in [2.05, 4.69) is 10.1 Å². The summed E-state index contributed by atoms with van der Waals surface area (Å²) in [7, 11) is 0. The van der Waals surface area contributed by atoms with Gasteiger partial charge in [0.05, 0.1) is 11.0 Å². The predicted octanol–water partition coefficient (Wildman–Crippen LogP) is 3.08. The number of nitro groups is 1. The van der Waals surface area contributed by atoms with E-state index in [0.29, 0.717) is 5.82 Å². The summed E-state index contributed by atoms with van der Waals surface area (Å²) in [5.74, 6) is -0.0494. The average molecular weight is 397 g/mol. The lowest BCUT2D eigenvalue weighted by Crippen LogP contribution is -2.17. The van der Waals surface area contributed by atoms with Crippen LogP contribution in [-0.4, -0.2) is 34.2 Å². The molecule has 148 valence electrons. The van der Waals surface area contributed by atoms with Gasteiger partial charge in [-0.15, -0.1) is 0 Å². The SMILES string of the molecule is Cc1ccc(-c2noc(COC(=O)c3cc4c(cc3[N+](=O)[O-])OCCO4)n2)cc1. The maximum absolute atomic E-state index is 12.4. The van der Waals surface area contributed by atoms with Crippen molar-refractivity contribution in [3.8, 4) is 22.9 Å². The molecule has 2 aromatic carbocycles. The van der Waals surface area contributed by atoms with Crippen LogP contribution in [0.1, 0.15) is 21.8 Å². The minimum atomic E-state index is -0.913. The third-order valence-electron chi connectivity index (χ3n) is 4.18. The molecule has 0 saturated carbocycles. The molecule has 3 aromatic rings. The van der Waals surface area contributed by atoms with Crippen LogP contribution in [0, 0.1) is 17.0 Å². The lowest BCUT2D eigenvalue weighted by Gasteiger charge is -2.18. The lowest BCUT2D eigenvalue weighted by atomic mass is 10.1. The molecule has 0 radical (unpaired) electrons. The molecular formula is C19H15N3O7. The van der Waals surface area contributed by atoms with E-state index in [-0.39, 0.29) is 42.8 Å². The van der Waals surface area contributed by atoms with E-state index >= 15 is 0 Å². The normalized spacial score (nSPS) is 12.4. The van der Waals surface area contributed by atoms with E-state index in [1.165, 1.54) is 6.07 Å². The van der Waals surface area contributed by atoms with Crippen LogP contribution in [-0.2, 0) is 11.3 Å². The number of benzene rings is 2. The van der Waals surface area contributed by atoms with Crippen molar-refractivity contribution in [3.63, 3.8) is 0 Å². The predicted molar refractivity (Wildman–Crippen MR) is 97.7 cm³/mol. The Morgan fingerprint density at radius 3 is 2.55 bits per heavy atom. The highest BCUT2D eigenvalue weighted by molar-refractivity contribution is 5.95. The van der Waals surface area contributed by atoms with Crippen LogP contribution in [0.25, 0.3) is 11.4 Å². The first kappa shape index (κ1) is 18.4. The molecule has 0 aliphatic carbocycles. The average Bonchev–Trinajstić information content (AvgIpc) is 3.20. The van der Waals surface area contributed by atoms with E-state index in [1.54, 1.807) is 0 Å². The van der Waals surface area contributed by atoms with E-state index < -0.39 is 16.6 Å². The first-order valence-corrected chi connectivity index (χ1v) is 8.66. The topological polar surface area (TPSA) is 127 Å². The van der Waals surface area contributed by atoms with Crippen molar-refractivity contribution in [3.05, 3.63) is 63.5 Å². The van der Waals surface area contributed by atoms with Crippen molar-refractivity contribution in [1.29, 1.82) is 0 Å². The molecule has 1 aromatic heterocycles. The van der Waals surface area contributed by atoms with Gasteiger partial charge in [-0.05, 0) is 6.92 Å².